The lowest BCUT2D eigenvalue weighted by Crippen LogP contribution is -2.39. The van der Waals surface area contributed by atoms with Crippen LogP contribution in [0, 0.1) is 11.7 Å². The summed E-state index contributed by atoms with van der Waals surface area (Å²) in [7, 11) is 0. The number of anilines is 2. The largest absolute Gasteiger partial charge is 0.441 e. The van der Waals surface area contributed by atoms with Crippen LogP contribution in [0.25, 0.3) is 11.3 Å². The Bertz CT molecular complexity index is 1090. The third-order valence-electron chi connectivity index (χ3n) is 6.18. The van der Waals surface area contributed by atoms with E-state index in [0.717, 1.165) is 32.2 Å². The van der Waals surface area contributed by atoms with Crippen molar-refractivity contribution in [1.82, 2.24) is 20.4 Å². The van der Waals surface area contributed by atoms with Gasteiger partial charge in [0.05, 0.1) is 12.2 Å². The van der Waals surface area contributed by atoms with Crippen molar-refractivity contribution in [2.75, 3.05) is 23.3 Å². The summed E-state index contributed by atoms with van der Waals surface area (Å²) in [5.41, 5.74) is 0.881. The van der Waals surface area contributed by atoms with E-state index in [-0.39, 0.29) is 11.9 Å². The van der Waals surface area contributed by atoms with Crippen molar-refractivity contribution in [2.45, 2.75) is 31.3 Å². The molecule has 1 spiro atoms. The molecule has 2 aliphatic rings. The summed E-state index contributed by atoms with van der Waals surface area (Å²) in [4.78, 5) is 13.9. The summed E-state index contributed by atoms with van der Waals surface area (Å²) < 4.78 is 19.2. The number of amides is 1. The van der Waals surface area contributed by atoms with Crippen molar-refractivity contribution in [1.29, 1.82) is 0 Å². The number of hydrogen-bond donors (Lipinski definition) is 1. The molecule has 1 N–H and O–H groups in total. The van der Waals surface area contributed by atoms with Crippen molar-refractivity contribution < 1.29 is 13.9 Å². The summed E-state index contributed by atoms with van der Waals surface area (Å²) in [5, 5.41) is 19.7. The van der Waals surface area contributed by atoms with Gasteiger partial charge in [-0.15, -0.1) is 15.3 Å². The van der Waals surface area contributed by atoms with E-state index < -0.39 is 5.60 Å². The first kappa shape index (κ1) is 20.3. The van der Waals surface area contributed by atoms with Gasteiger partial charge in [-0.3, -0.25) is 4.90 Å². The smallest absolute Gasteiger partial charge is 0.416 e. The maximum absolute atomic E-state index is 13.4. The molecular formula is C23H23FN6O2. The number of aromatic nitrogens is 4. The molecule has 2 aromatic heterocycles. The highest BCUT2D eigenvalue weighted by Gasteiger charge is 2.48. The average molecular weight is 434 g/mol. The van der Waals surface area contributed by atoms with Gasteiger partial charge in [0.25, 0.3) is 0 Å². The van der Waals surface area contributed by atoms with E-state index in [1.165, 1.54) is 12.1 Å². The van der Waals surface area contributed by atoms with Crippen LogP contribution >= 0.6 is 0 Å². The van der Waals surface area contributed by atoms with Gasteiger partial charge in [0.2, 0.25) is 0 Å². The summed E-state index contributed by atoms with van der Waals surface area (Å²) in [6.07, 6.45) is 4.75. The summed E-state index contributed by atoms with van der Waals surface area (Å²) >= 11 is 0. The van der Waals surface area contributed by atoms with Gasteiger partial charge in [-0.1, -0.05) is 12.1 Å². The summed E-state index contributed by atoms with van der Waals surface area (Å²) in [6, 6.07) is 13.5. The first-order chi connectivity index (χ1) is 15.6. The summed E-state index contributed by atoms with van der Waals surface area (Å²) in [6.45, 7) is 1.28. The molecule has 0 unspecified atom stereocenters. The van der Waals surface area contributed by atoms with Crippen LogP contribution in [0.2, 0.25) is 0 Å². The van der Waals surface area contributed by atoms with Gasteiger partial charge in [0, 0.05) is 18.3 Å². The quantitative estimate of drug-likeness (QED) is 0.647. The molecule has 8 nitrogen and oxygen atoms in total. The number of halogens is 1. The van der Waals surface area contributed by atoms with Crippen molar-refractivity contribution >= 4 is 17.7 Å². The number of carbonyl (C=O) groups is 1. The van der Waals surface area contributed by atoms with Gasteiger partial charge in [0.1, 0.15) is 17.2 Å². The van der Waals surface area contributed by atoms with E-state index >= 15 is 0 Å². The molecular weight excluding hydrogens is 411 g/mol. The monoisotopic (exact) mass is 434 g/mol. The van der Waals surface area contributed by atoms with Crippen LogP contribution in [0.15, 0.2) is 54.7 Å². The fraction of sp³-hybridized carbons (Fsp3) is 0.348. The Morgan fingerprint density at radius 3 is 2.69 bits per heavy atom. The van der Waals surface area contributed by atoms with Crippen LogP contribution in [0.3, 0.4) is 0 Å². The van der Waals surface area contributed by atoms with Crippen LogP contribution in [-0.4, -0.2) is 45.2 Å². The average Bonchev–Trinajstić information content (AvgIpc) is 3.15. The van der Waals surface area contributed by atoms with Gasteiger partial charge in [0.15, 0.2) is 5.82 Å². The van der Waals surface area contributed by atoms with E-state index in [2.05, 4.69) is 25.7 Å². The van der Waals surface area contributed by atoms with E-state index in [9.17, 15) is 9.18 Å². The zero-order valence-corrected chi connectivity index (χ0v) is 17.4. The molecule has 32 heavy (non-hydrogen) atoms. The van der Waals surface area contributed by atoms with Crippen LogP contribution in [0.4, 0.5) is 20.8 Å². The Hall–Kier alpha value is -3.62. The maximum Gasteiger partial charge on any atom is 0.416 e. The van der Waals surface area contributed by atoms with E-state index in [4.69, 9.17) is 4.74 Å². The Morgan fingerprint density at radius 2 is 1.97 bits per heavy atom. The van der Waals surface area contributed by atoms with Crippen molar-refractivity contribution in [3.8, 4) is 11.3 Å². The fourth-order valence-electron chi connectivity index (χ4n) is 4.38. The van der Waals surface area contributed by atoms with Gasteiger partial charge < -0.3 is 10.1 Å². The zero-order valence-electron chi connectivity index (χ0n) is 17.4. The molecule has 1 aliphatic carbocycles. The number of hydrogen-bond acceptors (Lipinski definition) is 7. The van der Waals surface area contributed by atoms with Gasteiger partial charge >= 0.3 is 6.09 Å². The molecule has 5 rings (SSSR count). The molecule has 0 radical (unpaired) electrons. The molecule has 1 saturated heterocycles. The predicted octanol–water partition coefficient (Wildman–Crippen LogP) is 4.07. The molecule has 0 bridgehead atoms. The van der Waals surface area contributed by atoms with Crippen molar-refractivity contribution in [3.05, 3.63) is 60.5 Å². The molecule has 0 atom stereocenters. The second-order valence-corrected chi connectivity index (χ2v) is 8.36. The van der Waals surface area contributed by atoms with Crippen LogP contribution in [0.1, 0.15) is 25.7 Å². The first-order valence-corrected chi connectivity index (χ1v) is 10.7. The molecule has 1 amide bonds. The Kier molecular flexibility index (Phi) is 5.38. The van der Waals surface area contributed by atoms with Gasteiger partial charge in [-0.25, -0.2) is 9.18 Å². The Morgan fingerprint density at radius 1 is 1.09 bits per heavy atom. The van der Waals surface area contributed by atoms with Crippen molar-refractivity contribution in [3.63, 3.8) is 0 Å². The SMILES string of the molecule is O=C1O[C@]2(CC[C@H](CNc3ccc(-c4cccc(F)c4)nn3)CC2)CN1c1cccnn1. The molecule has 1 aromatic carbocycles. The second-order valence-electron chi connectivity index (χ2n) is 8.36. The number of ether oxygens (including phenoxy) is 1. The minimum absolute atomic E-state index is 0.297. The molecule has 3 heterocycles. The number of carbonyl (C=O) groups excluding carboxylic acids is 1. The lowest BCUT2D eigenvalue weighted by atomic mass is 9.78. The predicted molar refractivity (Wildman–Crippen MR) is 116 cm³/mol. The van der Waals surface area contributed by atoms with E-state index in [1.54, 1.807) is 35.4 Å². The van der Waals surface area contributed by atoms with Crippen LogP contribution < -0.4 is 10.2 Å². The fourth-order valence-corrected chi connectivity index (χ4v) is 4.38. The zero-order chi connectivity index (χ0) is 22.0. The number of nitrogens with zero attached hydrogens (tertiary/aromatic N) is 5. The minimum atomic E-state index is -0.447. The highest BCUT2D eigenvalue weighted by molar-refractivity contribution is 5.89. The second kappa shape index (κ2) is 8.49. The molecule has 1 saturated carbocycles. The van der Waals surface area contributed by atoms with E-state index in [0.29, 0.717) is 35.4 Å². The Labute approximate surface area is 184 Å². The van der Waals surface area contributed by atoms with Gasteiger partial charge in [-0.05, 0) is 68.0 Å². The third-order valence-corrected chi connectivity index (χ3v) is 6.18. The first-order valence-electron chi connectivity index (χ1n) is 10.7. The minimum Gasteiger partial charge on any atom is -0.441 e. The van der Waals surface area contributed by atoms with Crippen LogP contribution in [0.5, 0.6) is 0 Å². The molecule has 9 heteroatoms. The number of nitrogens with one attached hydrogen (secondary N) is 1. The standard InChI is InChI=1S/C23H23FN6O2/c24-18-4-1-3-17(13-18)19-6-7-20(28-27-19)25-14-16-8-10-23(11-9-16)15-30(22(31)32-23)21-5-2-12-26-29-21/h1-7,12-13,16H,8-11,14-15H2,(H,25,28)/t16-,23-. The third kappa shape index (κ3) is 4.23. The topological polar surface area (TPSA) is 93.1 Å². The van der Waals surface area contributed by atoms with Crippen LogP contribution in [-0.2, 0) is 4.74 Å². The summed E-state index contributed by atoms with van der Waals surface area (Å²) in [5.74, 6) is 1.37. The molecule has 3 aromatic rings. The number of rotatable bonds is 5. The van der Waals surface area contributed by atoms with Gasteiger partial charge in [-0.2, -0.15) is 5.10 Å². The maximum atomic E-state index is 13.4. The lowest BCUT2D eigenvalue weighted by molar-refractivity contribution is 0.0148. The lowest BCUT2D eigenvalue weighted by Gasteiger charge is -2.35. The molecule has 1 aliphatic heterocycles. The van der Waals surface area contributed by atoms with E-state index in [1.807, 2.05) is 12.1 Å². The molecule has 164 valence electrons. The normalized spacial score (nSPS) is 22.7. The highest BCUT2D eigenvalue weighted by atomic mass is 19.1. The molecule has 2 fully saturated rings. The Balaban J connectivity index is 1.14. The highest BCUT2D eigenvalue weighted by Crippen LogP contribution is 2.40. The number of benzene rings is 1. The van der Waals surface area contributed by atoms with Crippen molar-refractivity contribution in [2.24, 2.45) is 5.92 Å².